The first-order chi connectivity index (χ1) is 17.3. The predicted molar refractivity (Wildman–Crippen MR) is 150 cm³/mol. The van der Waals surface area contributed by atoms with E-state index in [1.807, 2.05) is 68.2 Å². The van der Waals surface area contributed by atoms with Crippen molar-refractivity contribution < 1.29 is 15.0 Å². The highest BCUT2D eigenvalue weighted by molar-refractivity contribution is 7.22. The molecule has 0 unspecified atom stereocenters. The van der Waals surface area contributed by atoms with Gasteiger partial charge in [-0.3, -0.25) is 14.5 Å². The second-order valence-electron chi connectivity index (χ2n) is 9.96. The van der Waals surface area contributed by atoms with Crippen molar-refractivity contribution in [2.75, 3.05) is 0 Å². The van der Waals surface area contributed by atoms with Gasteiger partial charge in [0.1, 0.15) is 5.01 Å². The van der Waals surface area contributed by atoms with Crippen molar-refractivity contribution >= 4 is 50.0 Å². The summed E-state index contributed by atoms with van der Waals surface area (Å²) < 4.78 is 2.76. The summed E-state index contributed by atoms with van der Waals surface area (Å²) in [6.45, 7) is 9.14. The first kappa shape index (κ1) is 26.7. The molecule has 0 aliphatic heterocycles. The van der Waals surface area contributed by atoms with Crippen LogP contribution in [-0.4, -0.2) is 41.5 Å². The Kier molecular flexibility index (Phi) is 7.37. The minimum atomic E-state index is -0.869. The monoisotopic (exact) mass is 536 g/mol. The molecule has 0 saturated carbocycles. The van der Waals surface area contributed by atoms with Crippen molar-refractivity contribution in [3.63, 3.8) is 0 Å². The Bertz CT molecular complexity index is 1610. The Morgan fingerprint density at radius 3 is 2.41 bits per heavy atom. The standard InChI is InChI=1S/C24H19ClN4O2S.C4H10O/c1-12-8-18-23(22(16(12)10-21(30)31)14-4-6-15(25)7-5-14)32-24(27-18)19-9-17-13(2)28-29(3)20(17)11-26-19;1-4(2,3)5/h4-9,11H,10H2,1-3H3,(H,30,31);5H,1-3H3. The lowest BCUT2D eigenvalue weighted by atomic mass is 9.93. The molecule has 2 aromatic carbocycles. The van der Waals surface area contributed by atoms with Crippen LogP contribution in [0, 0.1) is 13.8 Å². The summed E-state index contributed by atoms with van der Waals surface area (Å²) in [7, 11) is 1.90. The third-order valence-corrected chi connectivity index (χ3v) is 6.98. The zero-order valence-electron chi connectivity index (χ0n) is 21.6. The molecular weight excluding hydrogens is 508 g/mol. The Morgan fingerprint density at radius 2 is 1.78 bits per heavy atom. The number of carbonyl (C=O) groups is 1. The van der Waals surface area contributed by atoms with Gasteiger partial charge in [0, 0.05) is 23.0 Å². The highest BCUT2D eigenvalue weighted by Crippen LogP contribution is 2.41. The predicted octanol–water partition coefficient (Wildman–Crippen LogP) is 6.59. The molecule has 0 fully saturated rings. The van der Waals surface area contributed by atoms with Crippen LogP contribution < -0.4 is 0 Å². The molecule has 3 aromatic heterocycles. The lowest BCUT2D eigenvalue weighted by Gasteiger charge is -2.13. The Hall–Kier alpha value is -3.33. The maximum atomic E-state index is 11.6. The van der Waals surface area contributed by atoms with E-state index in [0.717, 1.165) is 59.8 Å². The van der Waals surface area contributed by atoms with Gasteiger partial charge in [-0.25, -0.2) is 4.98 Å². The van der Waals surface area contributed by atoms with Crippen LogP contribution in [0.1, 0.15) is 37.6 Å². The zero-order valence-corrected chi connectivity index (χ0v) is 23.2. The van der Waals surface area contributed by atoms with E-state index in [4.69, 9.17) is 21.7 Å². The van der Waals surface area contributed by atoms with E-state index in [9.17, 15) is 9.90 Å². The van der Waals surface area contributed by atoms with Gasteiger partial charge in [0.15, 0.2) is 0 Å². The lowest BCUT2D eigenvalue weighted by Crippen LogP contribution is -2.10. The van der Waals surface area contributed by atoms with Crippen molar-refractivity contribution in [1.82, 2.24) is 19.7 Å². The molecule has 0 aliphatic carbocycles. The number of rotatable bonds is 4. The number of carboxylic acid groups (broad SMARTS) is 1. The fraction of sp³-hybridized carbons (Fsp3) is 0.286. The Balaban J connectivity index is 0.000000586. The van der Waals surface area contributed by atoms with Crippen molar-refractivity contribution in [3.05, 3.63) is 64.4 Å². The van der Waals surface area contributed by atoms with E-state index in [1.165, 1.54) is 11.3 Å². The zero-order chi connectivity index (χ0) is 27.1. The molecule has 0 saturated heterocycles. The van der Waals surface area contributed by atoms with Crippen LogP contribution in [-0.2, 0) is 18.3 Å². The molecule has 0 bridgehead atoms. The van der Waals surface area contributed by atoms with E-state index < -0.39 is 11.6 Å². The number of thiazole rings is 1. The summed E-state index contributed by atoms with van der Waals surface area (Å²) in [5, 5.41) is 25.0. The molecule has 2 N–H and O–H groups in total. The number of aryl methyl sites for hydroxylation is 3. The summed E-state index contributed by atoms with van der Waals surface area (Å²) in [5.41, 5.74) is 6.49. The third kappa shape index (κ3) is 5.98. The van der Waals surface area contributed by atoms with Gasteiger partial charge in [-0.05, 0) is 75.6 Å². The Morgan fingerprint density at radius 1 is 1.14 bits per heavy atom. The summed E-state index contributed by atoms with van der Waals surface area (Å²) in [5.74, 6) is -0.869. The minimum Gasteiger partial charge on any atom is -0.481 e. The fourth-order valence-electron chi connectivity index (χ4n) is 4.09. The fourth-order valence-corrected chi connectivity index (χ4v) is 5.32. The molecule has 192 valence electrons. The van der Waals surface area contributed by atoms with E-state index in [-0.39, 0.29) is 6.42 Å². The van der Waals surface area contributed by atoms with Gasteiger partial charge < -0.3 is 10.2 Å². The molecule has 5 aromatic rings. The van der Waals surface area contributed by atoms with Gasteiger partial charge in [0.05, 0.1) is 45.3 Å². The Labute approximate surface area is 224 Å². The van der Waals surface area contributed by atoms with Crippen molar-refractivity contribution in [3.8, 4) is 21.8 Å². The molecule has 3 heterocycles. The van der Waals surface area contributed by atoms with Crippen LogP contribution in [0.5, 0.6) is 0 Å². The normalized spacial score (nSPS) is 11.6. The van der Waals surface area contributed by atoms with Gasteiger partial charge in [-0.15, -0.1) is 11.3 Å². The van der Waals surface area contributed by atoms with Crippen LogP contribution in [0.15, 0.2) is 42.6 Å². The average molecular weight is 537 g/mol. The SMILES string of the molecule is CC(C)(C)O.Cc1cc2nc(-c3cc4c(C)nn(C)c4cn3)sc2c(-c2ccc(Cl)cc2)c1CC(=O)O. The number of fused-ring (bicyclic) bond motifs is 2. The molecule has 0 atom stereocenters. The number of aliphatic hydroxyl groups is 1. The summed E-state index contributed by atoms with van der Waals surface area (Å²) in [4.78, 5) is 21.1. The summed E-state index contributed by atoms with van der Waals surface area (Å²) in [6.07, 6.45) is 1.75. The number of aliphatic carboxylic acids is 1. The number of hydrogen-bond acceptors (Lipinski definition) is 6. The first-order valence-corrected chi connectivity index (χ1v) is 12.9. The molecule has 9 heteroatoms. The van der Waals surface area contributed by atoms with E-state index in [2.05, 4.69) is 10.1 Å². The highest BCUT2D eigenvalue weighted by atomic mass is 35.5. The third-order valence-electron chi connectivity index (χ3n) is 5.61. The molecule has 7 nitrogen and oxygen atoms in total. The van der Waals surface area contributed by atoms with Crippen LogP contribution in [0.3, 0.4) is 0 Å². The lowest BCUT2D eigenvalue weighted by molar-refractivity contribution is -0.136. The topological polar surface area (TPSA) is 101 Å². The molecule has 0 radical (unpaired) electrons. The van der Waals surface area contributed by atoms with Crippen LogP contribution in [0.2, 0.25) is 5.02 Å². The maximum Gasteiger partial charge on any atom is 0.307 e. The molecule has 0 spiro atoms. The second-order valence-corrected chi connectivity index (χ2v) is 11.4. The molecule has 0 aliphatic rings. The highest BCUT2D eigenvalue weighted by Gasteiger charge is 2.20. The van der Waals surface area contributed by atoms with Gasteiger partial charge in [0.2, 0.25) is 0 Å². The molecule has 0 amide bonds. The number of pyridine rings is 1. The van der Waals surface area contributed by atoms with Gasteiger partial charge in [0.25, 0.3) is 0 Å². The smallest absolute Gasteiger partial charge is 0.307 e. The van der Waals surface area contributed by atoms with E-state index in [0.29, 0.717) is 5.02 Å². The van der Waals surface area contributed by atoms with Crippen molar-refractivity contribution in [1.29, 1.82) is 0 Å². The summed E-state index contributed by atoms with van der Waals surface area (Å²) >= 11 is 7.62. The van der Waals surface area contributed by atoms with Gasteiger partial charge >= 0.3 is 5.97 Å². The van der Waals surface area contributed by atoms with Crippen LogP contribution in [0.25, 0.3) is 42.9 Å². The van der Waals surface area contributed by atoms with Crippen LogP contribution in [0.4, 0.5) is 0 Å². The molecule has 37 heavy (non-hydrogen) atoms. The van der Waals surface area contributed by atoms with Gasteiger partial charge in [-0.1, -0.05) is 23.7 Å². The number of carboxylic acids is 1. The average Bonchev–Trinajstić information content (AvgIpc) is 3.34. The van der Waals surface area contributed by atoms with Crippen molar-refractivity contribution in [2.45, 2.75) is 46.6 Å². The number of halogens is 1. The number of benzene rings is 2. The second kappa shape index (κ2) is 10.2. The van der Waals surface area contributed by atoms with Gasteiger partial charge in [-0.2, -0.15) is 5.10 Å². The number of nitrogens with zero attached hydrogens (tertiary/aromatic N) is 4. The van der Waals surface area contributed by atoms with E-state index in [1.54, 1.807) is 20.8 Å². The number of hydrogen-bond donors (Lipinski definition) is 2. The largest absolute Gasteiger partial charge is 0.481 e. The summed E-state index contributed by atoms with van der Waals surface area (Å²) in [6, 6.07) is 11.5. The first-order valence-electron chi connectivity index (χ1n) is 11.7. The quantitative estimate of drug-likeness (QED) is 0.269. The maximum absolute atomic E-state index is 11.6. The van der Waals surface area contributed by atoms with Crippen LogP contribution >= 0.6 is 22.9 Å². The number of aromatic nitrogens is 4. The molecule has 5 rings (SSSR count). The minimum absolute atomic E-state index is 0.0634. The van der Waals surface area contributed by atoms with Crippen molar-refractivity contribution in [2.24, 2.45) is 7.05 Å². The molecular formula is C28H29ClN4O3S. The van der Waals surface area contributed by atoms with E-state index >= 15 is 0 Å².